The summed E-state index contributed by atoms with van der Waals surface area (Å²) in [7, 11) is -7.58. The molecule has 9 heteroatoms. The highest BCUT2D eigenvalue weighted by Crippen LogP contribution is 2.39. The van der Waals surface area contributed by atoms with E-state index < -0.39 is 30.6 Å². The van der Waals surface area contributed by atoms with Gasteiger partial charge in [-0.2, -0.15) is 4.31 Å². The fourth-order valence-corrected chi connectivity index (χ4v) is 5.83. The van der Waals surface area contributed by atoms with Crippen molar-refractivity contribution in [2.45, 2.75) is 28.7 Å². The zero-order valence-corrected chi connectivity index (χ0v) is 14.3. The van der Waals surface area contributed by atoms with Crippen LogP contribution in [0.25, 0.3) is 0 Å². The summed E-state index contributed by atoms with van der Waals surface area (Å²) in [5, 5.41) is 0. The van der Waals surface area contributed by atoms with Crippen LogP contribution >= 0.6 is 0 Å². The molecule has 23 heavy (non-hydrogen) atoms. The van der Waals surface area contributed by atoms with Crippen LogP contribution in [0.5, 0.6) is 0 Å². The van der Waals surface area contributed by atoms with E-state index >= 15 is 0 Å². The quantitative estimate of drug-likeness (QED) is 0.849. The Balaban J connectivity index is 1.91. The first-order valence-electron chi connectivity index (χ1n) is 7.36. The van der Waals surface area contributed by atoms with Gasteiger partial charge in [-0.1, -0.05) is 0 Å². The zero-order valence-electron chi connectivity index (χ0n) is 12.6. The summed E-state index contributed by atoms with van der Waals surface area (Å²) in [5.74, 6) is -0.658. The molecular formula is C14H19FN2O4S2. The van der Waals surface area contributed by atoms with E-state index in [1.54, 1.807) is 0 Å². The molecule has 128 valence electrons. The van der Waals surface area contributed by atoms with E-state index in [1.807, 2.05) is 0 Å². The maximum absolute atomic E-state index is 14.0. The first kappa shape index (κ1) is 16.8. The second-order valence-corrected chi connectivity index (χ2v) is 10.3. The number of sulfone groups is 1. The van der Waals surface area contributed by atoms with Crippen molar-refractivity contribution in [2.75, 3.05) is 19.3 Å². The summed E-state index contributed by atoms with van der Waals surface area (Å²) >= 11 is 0. The molecule has 3 unspecified atom stereocenters. The average molecular weight is 362 g/mol. The Labute approximate surface area is 135 Å². The molecule has 1 heterocycles. The highest BCUT2D eigenvalue weighted by atomic mass is 32.2. The molecular weight excluding hydrogens is 343 g/mol. The van der Waals surface area contributed by atoms with Gasteiger partial charge in [0, 0.05) is 25.4 Å². The molecule has 0 radical (unpaired) electrons. The third-order valence-electron chi connectivity index (χ3n) is 4.82. The van der Waals surface area contributed by atoms with Crippen molar-refractivity contribution in [2.24, 2.45) is 17.6 Å². The predicted molar refractivity (Wildman–Crippen MR) is 82.5 cm³/mol. The Morgan fingerprint density at radius 3 is 2.43 bits per heavy atom. The first-order valence-corrected chi connectivity index (χ1v) is 10.7. The van der Waals surface area contributed by atoms with Crippen molar-refractivity contribution >= 4 is 19.9 Å². The standard InChI is InChI=1S/C14H19FN2O4S2/c1-22(18,19)14-5-3-10(6-12(14)15)23(20,21)17-7-9-2-4-13(16)11(9)8-17/h3,5-6,9,11,13H,2,4,7-8,16H2,1H3. The van der Waals surface area contributed by atoms with E-state index in [0.717, 1.165) is 37.3 Å². The van der Waals surface area contributed by atoms with Crippen molar-refractivity contribution < 1.29 is 21.2 Å². The maximum Gasteiger partial charge on any atom is 0.243 e. The van der Waals surface area contributed by atoms with Gasteiger partial charge in [-0.15, -0.1) is 0 Å². The Morgan fingerprint density at radius 1 is 1.17 bits per heavy atom. The maximum atomic E-state index is 14.0. The number of rotatable bonds is 3. The number of nitrogens with zero attached hydrogens (tertiary/aromatic N) is 1. The average Bonchev–Trinajstić information content (AvgIpc) is 3.00. The Kier molecular flexibility index (Phi) is 4.03. The van der Waals surface area contributed by atoms with Gasteiger partial charge in [0.15, 0.2) is 9.84 Å². The molecule has 0 aromatic heterocycles. The third-order valence-corrected chi connectivity index (χ3v) is 7.78. The molecule has 6 nitrogen and oxygen atoms in total. The van der Waals surface area contributed by atoms with Crippen LogP contribution in [0, 0.1) is 17.7 Å². The Hall–Kier alpha value is -1.03. The summed E-state index contributed by atoms with van der Waals surface area (Å²) in [6.45, 7) is 0.722. The molecule has 1 aromatic carbocycles. The van der Waals surface area contributed by atoms with Crippen LogP contribution in [0.15, 0.2) is 28.0 Å². The molecule has 1 saturated heterocycles. The molecule has 2 fully saturated rings. The van der Waals surface area contributed by atoms with E-state index in [0.29, 0.717) is 13.1 Å². The normalized spacial score (nSPS) is 28.9. The van der Waals surface area contributed by atoms with E-state index in [9.17, 15) is 21.2 Å². The number of halogens is 1. The van der Waals surface area contributed by atoms with E-state index in [1.165, 1.54) is 4.31 Å². The first-order chi connectivity index (χ1) is 10.6. The van der Waals surface area contributed by atoms with Gasteiger partial charge in [0.1, 0.15) is 10.7 Å². The third kappa shape index (κ3) is 2.90. The van der Waals surface area contributed by atoms with Crippen LogP contribution in [0.4, 0.5) is 4.39 Å². The minimum absolute atomic E-state index is 0.00421. The molecule has 3 rings (SSSR count). The largest absolute Gasteiger partial charge is 0.327 e. The summed E-state index contributed by atoms with van der Waals surface area (Å²) in [6.07, 6.45) is 2.68. The minimum Gasteiger partial charge on any atom is -0.327 e. The minimum atomic E-state index is -3.85. The van der Waals surface area contributed by atoms with Crippen LogP contribution < -0.4 is 5.73 Å². The van der Waals surface area contributed by atoms with Crippen LogP contribution in [-0.2, 0) is 19.9 Å². The zero-order chi connectivity index (χ0) is 17.0. The lowest BCUT2D eigenvalue weighted by Gasteiger charge is -2.19. The summed E-state index contributed by atoms with van der Waals surface area (Å²) in [6, 6.07) is 2.92. The molecule has 2 N–H and O–H groups in total. The summed E-state index contributed by atoms with van der Waals surface area (Å²) in [4.78, 5) is -0.729. The number of hydrogen-bond donors (Lipinski definition) is 1. The van der Waals surface area contributed by atoms with E-state index in [2.05, 4.69) is 0 Å². The van der Waals surface area contributed by atoms with Gasteiger partial charge in [-0.25, -0.2) is 21.2 Å². The monoisotopic (exact) mass is 362 g/mol. The van der Waals surface area contributed by atoms with Gasteiger partial charge in [-0.05, 0) is 42.9 Å². The number of benzene rings is 1. The second-order valence-electron chi connectivity index (χ2n) is 6.35. The highest BCUT2D eigenvalue weighted by Gasteiger charge is 2.45. The van der Waals surface area contributed by atoms with Crippen LogP contribution in [0.3, 0.4) is 0 Å². The van der Waals surface area contributed by atoms with Gasteiger partial charge in [-0.3, -0.25) is 0 Å². The van der Waals surface area contributed by atoms with Crippen molar-refractivity contribution in [3.63, 3.8) is 0 Å². The smallest absolute Gasteiger partial charge is 0.243 e. The van der Waals surface area contributed by atoms with Crippen molar-refractivity contribution in [1.82, 2.24) is 4.31 Å². The van der Waals surface area contributed by atoms with Gasteiger partial charge >= 0.3 is 0 Å². The number of hydrogen-bond acceptors (Lipinski definition) is 5. The molecule has 0 amide bonds. The molecule has 2 aliphatic rings. The van der Waals surface area contributed by atoms with E-state index in [4.69, 9.17) is 5.73 Å². The van der Waals surface area contributed by atoms with Crippen molar-refractivity contribution in [1.29, 1.82) is 0 Å². The Bertz CT molecular complexity index is 838. The molecule has 1 saturated carbocycles. The molecule has 1 aliphatic heterocycles. The van der Waals surface area contributed by atoms with Crippen molar-refractivity contribution in [3.8, 4) is 0 Å². The van der Waals surface area contributed by atoms with Crippen LogP contribution in [-0.4, -0.2) is 46.5 Å². The number of fused-ring (bicyclic) bond motifs is 1. The Morgan fingerprint density at radius 2 is 1.87 bits per heavy atom. The lowest BCUT2D eigenvalue weighted by molar-refractivity contribution is 0.426. The topological polar surface area (TPSA) is 97.5 Å². The SMILES string of the molecule is CS(=O)(=O)c1ccc(S(=O)(=O)N2CC3CCC(N)C3C2)cc1F. The number of sulfonamides is 1. The summed E-state index contributed by atoms with van der Waals surface area (Å²) in [5.41, 5.74) is 6.01. The van der Waals surface area contributed by atoms with Crippen molar-refractivity contribution in [3.05, 3.63) is 24.0 Å². The van der Waals surface area contributed by atoms with Crippen LogP contribution in [0.2, 0.25) is 0 Å². The molecule has 0 spiro atoms. The predicted octanol–water partition coefficient (Wildman–Crippen LogP) is 0.587. The van der Waals surface area contributed by atoms with Gasteiger partial charge < -0.3 is 5.73 Å². The van der Waals surface area contributed by atoms with E-state index in [-0.39, 0.29) is 22.8 Å². The van der Waals surface area contributed by atoms with Gasteiger partial charge in [0.05, 0.1) is 4.90 Å². The molecule has 1 aliphatic carbocycles. The fraction of sp³-hybridized carbons (Fsp3) is 0.571. The number of nitrogens with two attached hydrogens (primary N) is 1. The molecule has 1 aromatic rings. The lowest BCUT2D eigenvalue weighted by Crippen LogP contribution is -2.33. The van der Waals surface area contributed by atoms with Gasteiger partial charge in [0.2, 0.25) is 10.0 Å². The molecule has 3 atom stereocenters. The summed E-state index contributed by atoms with van der Waals surface area (Å²) < 4.78 is 63.5. The fourth-order valence-electron chi connectivity index (χ4n) is 3.55. The van der Waals surface area contributed by atoms with Gasteiger partial charge in [0.25, 0.3) is 0 Å². The highest BCUT2D eigenvalue weighted by molar-refractivity contribution is 7.90. The molecule has 0 bridgehead atoms. The lowest BCUT2D eigenvalue weighted by atomic mass is 9.98. The van der Waals surface area contributed by atoms with Crippen LogP contribution in [0.1, 0.15) is 12.8 Å². The second kappa shape index (κ2) is 5.51.